The largest absolute Gasteiger partial charge is 0.398 e. The van der Waals surface area contributed by atoms with E-state index >= 15 is 0 Å². The maximum absolute atomic E-state index is 6.70. The van der Waals surface area contributed by atoms with E-state index in [1.807, 2.05) is 0 Å². The van der Waals surface area contributed by atoms with Crippen molar-refractivity contribution in [3.63, 3.8) is 0 Å². The summed E-state index contributed by atoms with van der Waals surface area (Å²) in [5, 5.41) is 1.20. The number of aromatic nitrogens is 2. The molecular formula is C21H32N4O. The molecule has 5 nitrogen and oxygen atoms in total. The Balaban J connectivity index is 1.71. The second-order valence-corrected chi connectivity index (χ2v) is 7.88. The van der Waals surface area contributed by atoms with Crippen LogP contribution in [0, 0.1) is 13.8 Å². The van der Waals surface area contributed by atoms with Crippen molar-refractivity contribution in [2.24, 2.45) is 0 Å². The summed E-state index contributed by atoms with van der Waals surface area (Å²) >= 11 is 0. The number of hydrogen-bond acceptors (Lipinski definition) is 4. The zero-order chi connectivity index (χ0) is 18.1. The average molecular weight is 357 g/mol. The highest BCUT2D eigenvalue weighted by atomic mass is 16.5. The molecule has 0 unspecified atom stereocenters. The van der Waals surface area contributed by atoms with Crippen LogP contribution in [0.1, 0.15) is 48.2 Å². The number of pyridine rings is 1. The maximum atomic E-state index is 6.70. The topological polar surface area (TPSA) is 56.3 Å². The molecule has 4 rings (SSSR count). The van der Waals surface area contributed by atoms with Crippen LogP contribution in [-0.2, 0) is 24.1 Å². The van der Waals surface area contributed by atoms with Crippen molar-refractivity contribution in [1.82, 2.24) is 14.5 Å². The van der Waals surface area contributed by atoms with Crippen molar-refractivity contribution in [1.29, 1.82) is 0 Å². The Morgan fingerprint density at radius 3 is 2.50 bits per heavy atom. The Morgan fingerprint density at radius 2 is 1.73 bits per heavy atom. The molecule has 2 aromatic heterocycles. The van der Waals surface area contributed by atoms with E-state index in [-0.39, 0.29) is 0 Å². The minimum atomic E-state index is 0.850. The molecule has 2 aliphatic rings. The van der Waals surface area contributed by atoms with Gasteiger partial charge in [0.25, 0.3) is 0 Å². The Hall–Kier alpha value is -1.59. The zero-order valence-electron chi connectivity index (χ0n) is 16.3. The van der Waals surface area contributed by atoms with Gasteiger partial charge < -0.3 is 15.0 Å². The first kappa shape index (κ1) is 17.8. The summed E-state index contributed by atoms with van der Waals surface area (Å²) in [6.07, 6.45) is 7.26. The molecule has 0 bridgehead atoms. The Bertz CT molecular complexity index is 789. The van der Waals surface area contributed by atoms with Gasteiger partial charge in [0.2, 0.25) is 0 Å². The molecule has 0 saturated carbocycles. The lowest BCUT2D eigenvalue weighted by atomic mass is 9.94. The molecule has 2 N–H and O–H groups in total. The smallest absolute Gasteiger partial charge is 0.142 e. The summed E-state index contributed by atoms with van der Waals surface area (Å²) in [5.41, 5.74) is 14.0. The molecule has 0 spiro atoms. The minimum absolute atomic E-state index is 0.850. The van der Waals surface area contributed by atoms with Crippen molar-refractivity contribution in [3.8, 4) is 0 Å². The highest BCUT2D eigenvalue weighted by Crippen LogP contribution is 2.34. The first-order valence-electron chi connectivity index (χ1n) is 10.2. The first-order chi connectivity index (χ1) is 12.7. The van der Waals surface area contributed by atoms with Crippen LogP contribution in [0.15, 0.2) is 0 Å². The van der Waals surface area contributed by atoms with Gasteiger partial charge >= 0.3 is 0 Å². The molecule has 1 aliphatic heterocycles. The molecule has 1 aliphatic carbocycles. The van der Waals surface area contributed by atoms with E-state index in [4.69, 9.17) is 15.5 Å². The molecule has 0 aromatic carbocycles. The lowest BCUT2D eigenvalue weighted by molar-refractivity contribution is 0.0364. The number of aryl methyl sites for hydroxylation is 2. The van der Waals surface area contributed by atoms with Gasteiger partial charge in [-0.25, -0.2) is 4.98 Å². The normalized spacial score (nSPS) is 19.3. The number of morpholine rings is 1. The van der Waals surface area contributed by atoms with E-state index in [9.17, 15) is 0 Å². The fourth-order valence-electron chi connectivity index (χ4n) is 4.56. The predicted molar refractivity (Wildman–Crippen MR) is 107 cm³/mol. The summed E-state index contributed by atoms with van der Waals surface area (Å²) in [4.78, 5) is 7.65. The van der Waals surface area contributed by atoms with Gasteiger partial charge in [-0.15, -0.1) is 0 Å². The van der Waals surface area contributed by atoms with E-state index < -0.39 is 0 Å². The van der Waals surface area contributed by atoms with E-state index in [0.29, 0.717) is 0 Å². The molecule has 3 heterocycles. The summed E-state index contributed by atoms with van der Waals surface area (Å²) in [7, 11) is 0. The third-order valence-electron chi connectivity index (χ3n) is 6.32. The van der Waals surface area contributed by atoms with Crippen LogP contribution in [0.25, 0.3) is 11.0 Å². The fraction of sp³-hybridized carbons (Fsp3) is 0.667. The van der Waals surface area contributed by atoms with E-state index in [1.165, 1.54) is 53.6 Å². The molecule has 26 heavy (non-hydrogen) atoms. The number of ether oxygens (including phenoxy) is 1. The van der Waals surface area contributed by atoms with Gasteiger partial charge in [-0.1, -0.05) is 12.8 Å². The van der Waals surface area contributed by atoms with Crippen LogP contribution < -0.4 is 5.73 Å². The van der Waals surface area contributed by atoms with Crippen molar-refractivity contribution >= 4 is 16.7 Å². The summed E-state index contributed by atoms with van der Waals surface area (Å²) in [5.74, 6) is 0. The van der Waals surface area contributed by atoms with Crippen molar-refractivity contribution in [2.75, 3.05) is 38.6 Å². The average Bonchev–Trinajstić information content (AvgIpc) is 2.86. The van der Waals surface area contributed by atoms with Crippen LogP contribution in [0.4, 0.5) is 5.69 Å². The van der Waals surface area contributed by atoms with Gasteiger partial charge in [-0.2, -0.15) is 0 Å². The fourth-order valence-corrected chi connectivity index (χ4v) is 4.56. The predicted octanol–water partition coefficient (Wildman–Crippen LogP) is 3.23. The second-order valence-electron chi connectivity index (χ2n) is 7.88. The molecule has 1 saturated heterocycles. The lowest BCUT2D eigenvalue weighted by Crippen LogP contribution is -2.38. The van der Waals surface area contributed by atoms with Crippen LogP contribution in [0.5, 0.6) is 0 Å². The second kappa shape index (κ2) is 7.57. The highest BCUT2D eigenvalue weighted by Gasteiger charge is 2.21. The number of hydrogen-bond donors (Lipinski definition) is 1. The van der Waals surface area contributed by atoms with Gasteiger partial charge in [-0.05, 0) is 50.7 Å². The van der Waals surface area contributed by atoms with Gasteiger partial charge in [0.15, 0.2) is 0 Å². The molecule has 0 radical (unpaired) electrons. The minimum Gasteiger partial charge on any atom is -0.398 e. The van der Waals surface area contributed by atoms with Crippen LogP contribution >= 0.6 is 0 Å². The SMILES string of the molecule is Cc1c(C)n(CCN2CCOCC2)c2nc3c(c(N)c12)CCCCCC3. The molecule has 0 amide bonds. The number of fused-ring (bicyclic) bond motifs is 2. The highest BCUT2D eigenvalue weighted by molar-refractivity contribution is 5.95. The molecule has 2 aromatic rings. The Kier molecular flexibility index (Phi) is 5.18. The van der Waals surface area contributed by atoms with Crippen molar-refractivity contribution in [3.05, 3.63) is 22.5 Å². The van der Waals surface area contributed by atoms with Gasteiger partial charge in [-0.3, -0.25) is 4.90 Å². The third-order valence-corrected chi connectivity index (χ3v) is 6.32. The molecule has 5 heteroatoms. The number of nitrogens with two attached hydrogens (primary N) is 1. The van der Waals surface area contributed by atoms with Gasteiger partial charge in [0.05, 0.1) is 13.2 Å². The van der Waals surface area contributed by atoms with Gasteiger partial charge in [0.1, 0.15) is 5.65 Å². The van der Waals surface area contributed by atoms with Crippen molar-refractivity contribution < 1.29 is 4.74 Å². The number of rotatable bonds is 3. The van der Waals surface area contributed by atoms with Crippen LogP contribution in [0.3, 0.4) is 0 Å². The summed E-state index contributed by atoms with van der Waals surface area (Å²) in [6, 6.07) is 0. The van der Waals surface area contributed by atoms with Crippen molar-refractivity contribution in [2.45, 2.75) is 58.9 Å². The maximum Gasteiger partial charge on any atom is 0.142 e. The lowest BCUT2D eigenvalue weighted by Gasteiger charge is -2.27. The number of nitrogen functional groups attached to an aromatic ring is 1. The number of anilines is 1. The van der Waals surface area contributed by atoms with E-state index in [0.717, 1.165) is 63.6 Å². The van der Waals surface area contributed by atoms with Crippen LogP contribution in [0.2, 0.25) is 0 Å². The van der Waals surface area contributed by atoms with E-state index in [2.05, 4.69) is 23.3 Å². The van der Waals surface area contributed by atoms with E-state index in [1.54, 1.807) is 0 Å². The standard InChI is InChI=1S/C21H32N4O/c1-15-16(2)25(10-9-24-11-13-26-14-12-24)21-19(15)20(22)17-7-5-3-4-6-8-18(17)23-21/h3-14H2,1-2H3,(H2,22,23). The summed E-state index contributed by atoms with van der Waals surface area (Å²) < 4.78 is 7.87. The molecular weight excluding hydrogens is 324 g/mol. The van der Waals surface area contributed by atoms with Gasteiger partial charge in [0, 0.05) is 48.6 Å². The third kappa shape index (κ3) is 3.23. The molecule has 1 fully saturated rings. The summed E-state index contributed by atoms with van der Waals surface area (Å²) in [6.45, 7) is 10.2. The zero-order valence-corrected chi connectivity index (χ0v) is 16.3. The number of nitrogens with zero attached hydrogens (tertiary/aromatic N) is 3. The Labute approximate surface area is 156 Å². The Morgan fingerprint density at radius 1 is 1.00 bits per heavy atom. The van der Waals surface area contributed by atoms with Crippen LogP contribution in [-0.4, -0.2) is 47.3 Å². The molecule has 142 valence electrons. The monoisotopic (exact) mass is 356 g/mol. The quantitative estimate of drug-likeness (QED) is 0.917. The molecule has 0 atom stereocenters. The first-order valence-corrected chi connectivity index (χ1v) is 10.2.